The molecular weight excluding hydrogens is 332 g/mol. The standard InChI is InChI=1S/C17H20N8O/c1-12-13(2)18-11-19-16(12)17(26)23-7-4-14-21-22-15(25(14)9-8-23)10-24-6-3-5-20-24/h3,5-6,11H,4,7-10H2,1-2H3. The van der Waals surface area contributed by atoms with Gasteiger partial charge in [-0.2, -0.15) is 5.10 Å². The van der Waals surface area contributed by atoms with Crippen LogP contribution in [0.1, 0.15) is 33.4 Å². The molecule has 0 fully saturated rings. The molecule has 4 rings (SSSR count). The number of hydrogen-bond donors (Lipinski definition) is 0. The number of carbonyl (C=O) groups excluding carboxylic acids is 1. The van der Waals surface area contributed by atoms with Gasteiger partial charge < -0.3 is 9.47 Å². The molecule has 0 atom stereocenters. The number of hydrogen-bond acceptors (Lipinski definition) is 6. The van der Waals surface area contributed by atoms with Crippen molar-refractivity contribution >= 4 is 5.91 Å². The monoisotopic (exact) mass is 352 g/mol. The summed E-state index contributed by atoms with van der Waals surface area (Å²) in [6, 6.07) is 1.88. The Morgan fingerprint density at radius 3 is 2.85 bits per heavy atom. The Morgan fingerprint density at radius 2 is 2.04 bits per heavy atom. The molecule has 134 valence electrons. The number of aromatic nitrogens is 7. The Bertz CT molecular complexity index is 930. The van der Waals surface area contributed by atoms with E-state index in [2.05, 4.69) is 29.8 Å². The predicted octanol–water partition coefficient (Wildman–Crippen LogP) is 0.628. The third kappa shape index (κ3) is 2.96. The lowest BCUT2D eigenvalue weighted by Crippen LogP contribution is -2.35. The van der Waals surface area contributed by atoms with Gasteiger partial charge in [-0.1, -0.05) is 0 Å². The molecular formula is C17H20N8O. The van der Waals surface area contributed by atoms with Crippen LogP contribution < -0.4 is 0 Å². The van der Waals surface area contributed by atoms with E-state index in [0.29, 0.717) is 38.3 Å². The summed E-state index contributed by atoms with van der Waals surface area (Å²) in [5, 5.41) is 12.8. The van der Waals surface area contributed by atoms with Gasteiger partial charge in [0.25, 0.3) is 5.91 Å². The van der Waals surface area contributed by atoms with Gasteiger partial charge in [0.05, 0.1) is 0 Å². The molecule has 0 spiro atoms. The highest BCUT2D eigenvalue weighted by atomic mass is 16.2. The fraction of sp³-hybridized carbons (Fsp3) is 0.412. The van der Waals surface area contributed by atoms with Crippen LogP contribution >= 0.6 is 0 Å². The second-order valence-corrected chi connectivity index (χ2v) is 6.36. The Hall–Kier alpha value is -3.10. The number of rotatable bonds is 3. The average Bonchev–Trinajstić information content (AvgIpc) is 3.23. The van der Waals surface area contributed by atoms with Gasteiger partial charge in [-0.15, -0.1) is 10.2 Å². The molecule has 9 heteroatoms. The van der Waals surface area contributed by atoms with Crippen LogP contribution in [0.15, 0.2) is 24.8 Å². The minimum Gasteiger partial charge on any atom is -0.335 e. The van der Waals surface area contributed by atoms with Gasteiger partial charge in [0.2, 0.25) is 0 Å². The maximum absolute atomic E-state index is 12.9. The van der Waals surface area contributed by atoms with Crippen molar-refractivity contribution in [2.24, 2.45) is 0 Å². The summed E-state index contributed by atoms with van der Waals surface area (Å²) in [7, 11) is 0. The molecule has 0 unspecified atom stereocenters. The van der Waals surface area contributed by atoms with Gasteiger partial charge in [0.1, 0.15) is 24.4 Å². The molecule has 0 radical (unpaired) electrons. The molecule has 3 aromatic rings. The van der Waals surface area contributed by atoms with Crippen LogP contribution in [0.4, 0.5) is 0 Å². The van der Waals surface area contributed by atoms with Gasteiger partial charge in [0, 0.05) is 49.7 Å². The van der Waals surface area contributed by atoms with Crippen LogP contribution in [0, 0.1) is 13.8 Å². The van der Waals surface area contributed by atoms with Crippen molar-refractivity contribution in [1.82, 2.24) is 39.4 Å². The first-order valence-corrected chi connectivity index (χ1v) is 8.59. The first-order chi connectivity index (χ1) is 12.6. The van der Waals surface area contributed by atoms with E-state index >= 15 is 0 Å². The summed E-state index contributed by atoms with van der Waals surface area (Å²) in [4.78, 5) is 23.1. The summed E-state index contributed by atoms with van der Waals surface area (Å²) >= 11 is 0. The van der Waals surface area contributed by atoms with Crippen LogP contribution in [0.25, 0.3) is 0 Å². The van der Waals surface area contributed by atoms with Crippen LogP contribution in [0.5, 0.6) is 0 Å². The van der Waals surface area contributed by atoms with E-state index in [-0.39, 0.29) is 5.91 Å². The van der Waals surface area contributed by atoms with Crippen LogP contribution in [-0.2, 0) is 19.5 Å². The summed E-state index contributed by atoms with van der Waals surface area (Å²) in [5.74, 6) is 1.70. The Kier molecular flexibility index (Phi) is 4.19. The highest BCUT2D eigenvalue weighted by molar-refractivity contribution is 5.93. The van der Waals surface area contributed by atoms with E-state index < -0.39 is 0 Å². The van der Waals surface area contributed by atoms with Gasteiger partial charge in [0.15, 0.2) is 5.82 Å². The van der Waals surface area contributed by atoms with Crippen molar-refractivity contribution in [3.8, 4) is 0 Å². The van der Waals surface area contributed by atoms with Crippen molar-refractivity contribution in [3.05, 3.63) is 53.4 Å². The van der Waals surface area contributed by atoms with Gasteiger partial charge in [-0.05, 0) is 19.9 Å². The predicted molar refractivity (Wildman–Crippen MR) is 92.5 cm³/mol. The number of fused-ring (bicyclic) bond motifs is 1. The molecule has 1 aliphatic rings. The smallest absolute Gasteiger partial charge is 0.272 e. The van der Waals surface area contributed by atoms with E-state index in [1.807, 2.05) is 35.7 Å². The summed E-state index contributed by atoms with van der Waals surface area (Å²) in [5.41, 5.74) is 2.14. The van der Waals surface area contributed by atoms with E-state index in [4.69, 9.17) is 0 Å². The molecule has 9 nitrogen and oxygen atoms in total. The Morgan fingerprint density at radius 1 is 1.15 bits per heavy atom. The molecule has 0 bridgehead atoms. The molecule has 0 N–H and O–H groups in total. The maximum atomic E-state index is 12.9. The highest BCUT2D eigenvalue weighted by Crippen LogP contribution is 2.15. The minimum absolute atomic E-state index is 0.0552. The van der Waals surface area contributed by atoms with E-state index in [1.54, 1.807) is 6.20 Å². The summed E-state index contributed by atoms with van der Waals surface area (Å²) in [6.07, 6.45) is 5.76. The molecule has 0 saturated carbocycles. The normalized spacial score (nSPS) is 14.2. The van der Waals surface area contributed by atoms with Gasteiger partial charge >= 0.3 is 0 Å². The van der Waals surface area contributed by atoms with E-state index in [0.717, 1.165) is 22.9 Å². The van der Waals surface area contributed by atoms with E-state index in [1.165, 1.54) is 6.33 Å². The Balaban J connectivity index is 1.52. The third-order valence-corrected chi connectivity index (χ3v) is 4.79. The fourth-order valence-electron chi connectivity index (χ4n) is 3.15. The maximum Gasteiger partial charge on any atom is 0.272 e. The van der Waals surface area contributed by atoms with Crippen molar-refractivity contribution in [1.29, 1.82) is 0 Å². The SMILES string of the molecule is Cc1ncnc(C(=O)N2CCc3nnc(Cn4cccn4)n3CC2)c1C. The lowest BCUT2D eigenvalue weighted by molar-refractivity contribution is 0.0751. The molecule has 1 amide bonds. The molecule has 26 heavy (non-hydrogen) atoms. The fourth-order valence-corrected chi connectivity index (χ4v) is 3.15. The first-order valence-electron chi connectivity index (χ1n) is 8.59. The minimum atomic E-state index is -0.0552. The van der Waals surface area contributed by atoms with Crippen molar-refractivity contribution in [2.75, 3.05) is 13.1 Å². The van der Waals surface area contributed by atoms with Crippen molar-refractivity contribution < 1.29 is 4.79 Å². The highest BCUT2D eigenvalue weighted by Gasteiger charge is 2.24. The van der Waals surface area contributed by atoms with Crippen LogP contribution in [0.2, 0.25) is 0 Å². The zero-order valence-electron chi connectivity index (χ0n) is 14.8. The van der Waals surface area contributed by atoms with Crippen LogP contribution in [0.3, 0.4) is 0 Å². The second kappa shape index (κ2) is 6.66. The number of carbonyl (C=O) groups is 1. The summed E-state index contributed by atoms with van der Waals surface area (Å²) < 4.78 is 3.91. The largest absolute Gasteiger partial charge is 0.335 e. The molecule has 0 aliphatic carbocycles. The third-order valence-electron chi connectivity index (χ3n) is 4.79. The molecule has 3 aromatic heterocycles. The van der Waals surface area contributed by atoms with Crippen molar-refractivity contribution in [3.63, 3.8) is 0 Å². The first kappa shape index (κ1) is 16.4. The quantitative estimate of drug-likeness (QED) is 0.686. The van der Waals surface area contributed by atoms with E-state index in [9.17, 15) is 4.79 Å². The van der Waals surface area contributed by atoms with Gasteiger partial charge in [-0.25, -0.2) is 9.97 Å². The zero-order valence-corrected chi connectivity index (χ0v) is 14.8. The molecule has 0 saturated heterocycles. The molecule has 4 heterocycles. The zero-order chi connectivity index (χ0) is 18.1. The van der Waals surface area contributed by atoms with Gasteiger partial charge in [-0.3, -0.25) is 9.48 Å². The lowest BCUT2D eigenvalue weighted by Gasteiger charge is -2.20. The average molecular weight is 352 g/mol. The number of nitrogens with zero attached hydrogens (tertiary/aromatic N) is 8. The Labute approximate surface area is 150 Å². The van der Waals surface area contributed by atoms with Crippen molar-refractivity contribution in [2.45, 2.75) is 33.4 Å². The molecule has 0 aromatic carbocycles. The topological polar surface area (TPSA) is 94.6 Å². The molecule has 1 aliphatic heterocycles. The number of amides is 1. The second-order valence-electron chi connectivity index (χ2n) is 6.36. The summed E-state index contributed by atoms with van der Waals surface area (Å²) in [6.45, 7) is 6.20. The van der Waals surface area contributed by atoms with Crippen LogP contribution in [-0.4, -0.2) is 58.4 Å². The lowest BCUT2D eigenvalue weighted by atomic mass is 10.1. The number of aryl methyl sites for hydroxylation is 1.